The second-order valence-corrected chi connectivity index (χ2v) is 7.36. The number of para-hydroxylation sites is 1. The molecule has 3 rings (SSSR count). The smallest absolute Gasteiger partial charge is 0.225 e. The largest absolute Gasteiger partial charge is 0.496 e. The molecular weight excluding hydrogens is 302 g/mol. The van der Waals surface area contributed by atoms with Gasteiger partial charge in [0.1, 0.15) is 5.75 Å². The Hall–Kier alpha value is -1.55. The number of nitrogens with zero attached hydrogens (tertiary/aromatic N) is 1. The minimum atomic E-state index is -0.771. The van der Waals surface area contributed by atoms with E-state index < -0.39 is 5.60 Å². The summed E-state index contributed by atoms with van der Waals surface area (Å²) < 4.78 is 5.45. The van der Waals surface area contributed by atoms with Crippen LogP contribution in [0.25, 0.3) is 0 Å². The second kappa shape index (κ2) is 7.56. The van der Waals surface area contributed by atoms with E-state index in [1.165, 1.54) is 6.42 Å². The second-order valence-electron chi connectivity index (χ2n) is 7.36. The van der Waals surface area contributed by atoms with Gasteiger partial charge < -0.3 is 14.7 Å². The predicted molar refractivity (Wildman–Crippen MR) is 94.1 cm³/mol. The van der Waals surface area contributed by atoms with Gasteiger partial charge in [0, 0.05) is 12.6 Å². The fraction of sp³-hybridized carbons (Fsp3) is 0.650. The third-order valence-electron chi connectivity index (χ3n) is 5.61. The molecule has 1 N–H and O–H groups in total. The quantitative estimate of drug-likeness (QED) is 0.900. The predicted octanol–water partition coefficient (Wildman–Crippen LogP) is 3.31. The van der Waals surface area contributed by atoms with Crippen LogP contribution in [-0.4, -0.2) is 41.2 Å². The van der Waals surface area contributed by atoms with Crippen molar-refractivity contribution in [2.75, 3.05) is 13.7 Å². The van der Waals surface area contributed by atoms with Gasteiger partial charge >= 0.3 is 0 Å². The number of carbonyl (C=O) groups excluding carboxylic acids is 1. The van der Waals surface area contributed by atoms with Crippen molar-refractivity contribution < 1.29 is 14.6 Å². The highest BCUT2D eigenvalue weighted by molar-refractivity contribution is 5.78. The summed E-state index contributed by atoms with van der Waals surface area (Å²) in [5.74, 6) is 1.01. The Balaban J connectivity index is 1.65. The van der Waals surface area contributed by atoms with Crippen molar-refractivity contribution in [3.05, 3.63) is 29.8 Å². The molecule has 1 aliphatic carbocycles. The Morgan fingerprint density at radius 1 is 1.25 bits per heavy atom. The topological polar surface area (TPSA) is 49.8 Å². The van der Waals surface area contributed by atoms with E-state index in [0.29, 0.717) is 0 Å². The first-order chi connectivity index (χ1) is 11.6. The van der Waals surface area contributed by atoms with E-state index in [1.54, 1.807) is 7.11 Å². The Kier molecular flexibility index (Phi) is 5.44. The van der Waals surface area contributed by atoms with Gasteiger partial charge in [-0.05, 0) is 43.7 Å². The van der Waals surface area contributed by atoms with Gasteiger partial charge in [-0.3, -0.25) is 4.79 Å². The number of amides is 1. The number of rotatable bonds is 5. The molecular formula is C20H29NO3. The number of carbonyl (C=O) groups is 1. The van der Waals surface area contributed by atoms with Crippen LogP contribution in [0.4, 0.5) is 0 Å². The van der Waals surface area contributed by atoms with Crippen LogP contribution in [-0.2, 0) is 11.2 Å². The van der Waals surface area contributed by atoms with Crippen LogP contribution in [0.1, 0.15) is 56.9 Å². The number of aliphatic hydroxyl groups is 1. The van der Waals surface area contributed by atoms with Crippen LogP contribution in [0.15, 0.2) is 24.3 Å². The SMILES string of the molecule is COc1ccccc1CC1CCCN1C(=O)CC1(O)CCCCC1. The van der Waals surface area contributed by atoms with Crippen molar-refractivity contribution in [1.82, 2.24) is 4.90 Å². The molecule has 1 saturated carbocycles. The lowest BCUT2D eigenvalue weighted by molar-refractivity contribution is -0.138. The summed E-state index contributed by atoms with van der Waals surface area (Å²) in [6.45, 7) is 0.814. The van der Waals surface area contributed by atoms with Crippen molar-refractivity contribution in [3.8, 4) is 5.75 Å². The van der Waals surface area contributed by atoms with Crippen LogP contribution < -0.4 is 4.74 Å². The van der Waals surface area contributed by atoms with Gasteiger partial charge in [0.25, 0.3) is 0 Å². The van der Waals surface area contributed by atoms with E-state index in [2.05, 4.69) is 6.07 Å². The van der Waals surface area contributed by atoms with Crippen molar-refractivity contribution in [3.63, 3.8) is 0 Å². The van der Waals surface area contributed by atoms with E-state index in [9.17, 15) is 9.90 Å². The summed E-state index contributed by atoms with van der Waals surface area (Å²) in [4.78, 5) is 14.8. The highest BCUT2D eigenvalue weighted by atomic mass is 16.5. The van der Waals surface area contributed by atoms with Gasteiger partial charge in [-0.15, -0.1) is 0 Å². The summed E-state index contributed by atoms with van der Waals surface area (Å²) in [7, 11) is 1.69. The molecule has 0 bridgehead atoms. The molecule has 1 aromatic rings. The number of likely N-dealkylation sites (tertiary alicyclic amines) is 1. The molecule has 2 fully saturated rings. The van der Waals surface area contributed by atoms with Crippen molar-refractivity contribution in [1.29, 1.82) is 0 Å². The van der Waals surface area contributed by atoms with Crippen LogP contribution in [0.3, 0.4) is 0 Å². The van der Waals surface area contributed by atoms with Gasteiger partial charge in [-0.1, -0.05) is 37.5 Å². The summed E-state index contributed by atoms with van der Waals surface area (Å²) >= 11 is 0. The van der Waals surface area contributed by atoms with Crippen LogP contribution >= 0.6 is 0 Å². The normalized spacial score (nSPS) is 23.2. The van der Waals surface area contributed by atoms with Crippen LogP contribution in [0, 0.1) is 0 Å². The zero-order valence-electron chi connectivity index (χ0n) is 14.7. The minimum Gasteiger partial charge on any atom is -0.496 e. The van der Waals surface area contributed by atoms with E-state index in [1.807, 2.05) is 23.1 Å². The summed E-state index contributed by atoms with van der Waals surface area (Å²) in [6.07, 6.45) is 7.98. The summed E-state index contributed by atoms with van der Waals surface area (Å²) in [6, 6.07) is 8.26. The van der Waals surface area contributed by atoms with E-state index in [-0.39, 0.29) is 18.4 Å². The molecule has 1 saturated heterocycles. The zero-order chi connectivity index (χ0) is 17.0. The molecule has 1 aromatic carbocycles. The first-order valence-electron chi connectivity index (χ1n) is 9.25. The monoisotopic (exact) mass is 331 g/mol. The zero-order valence-corrected chi connectivity index (χ0v) is 14.7. The lowest BCUT2D eigenvalue weighted by Crippen LogP contribution is -2.43. The number of hydrogen-bond acceptors (Lipinski definition) is 3. The molecule has 1 heterocycles. The Labute approximate surface area is 144 Å². The average Bonchev–Trinajstić information content (AvgIpc) is 3.04. The maximum atomic E-state index is 12.8. The Bertz CT molecular complexity index is 566. The molecule has 1 amide bonds. The molecule has 2 aliphatic rings. The van der Waals surface area contributed by atoms with Gasteiger partial charge in [-0.25, -0.2) is 0 Å². The number of hydrogen-bond donors (Lipinski definition) is 1. The van der Waals surface area contributed by atoms with Crippen molar-refractivity contribution >= 4 is 5.91 Å². The Morgan fingerprint density at radius 2 is 2.00 bits per heavy atom. The summed E-state index contributed by atoms with van der Waals surface area (Å²) in [5, 5.41) is 10.7. The number of methoxy groups -OCH3 is 1. The van der Waals surface area contributed by atoms with Crippen LogP contribution in [0.5, 0.6) is 5.75 Å². The van der Waals surface area contributed by atoms with E-state index in [4.69, 9.17) is 4.74 Å². The van der Waals surface area contributed by atoms with Gasteiger partial charge in [0.15, 0.2) is 0 Å². The maximum Gasteiger partial charge on any atom is 0.225 e. The molecule has 1 atom stereocenters. The first-order valence-corrected chi connectivity index (χ1v) is 9.25. The molecule has 24 heavy (non-hydrogen) atoms. The standard InChI is InChI=1S/C20H29NO3/c1-24-18-10-4-3-8-16(18)14-17-9-7-13-21(17)19(22)15-20(23)11-5-2-6-12-20/h3-4,8,10,17,23H,2,5-7,9,11-15H2,1H3. The number of benzene rings is 1. The molecule has 0 radical (unpaired) electrons. The minimum absolute atomic E-state index is 0.122. The van der Waals surface area contributed by atoms with E-state index in [0.717, 1.165) is 62.8 Å². The van der Waals surface area contributed by atoms with Gasteiger partial charge in [-0.2, -0.15) is 0 Å². The van der Waals surface area contributed by atoms with Crippen LogP contribution in [0.2, 0.25) is 0 Å². The summed E-state index contributed by atoms with van der Waals surface area (Å²) in [5.41, 5.74) is 0.383. The van der Waals surface area contributed by atoms with Gasteiger partial charge in [0.2, 0.25) is 5.91 Å². The molecule has 0 spiro atoms. The fourth-order valence-electron chi connectivity index (χ4n) is 4.27. The molecule has 0 aromatic heterocycles. The first kappa shape index (κ1) is 17.3. The molecule has 4 nitrogen and oxygen atoms in total. The molecule has 1 aliphatic heterocycles. The highest BCUT2D eigenvalue weighted by Gasteiger charge is 2.36. The van der Waals surface area contributed by atoms with Crippen molar-refractivity contribution in [2.24, 2.45) is 0 Å². The highest BCUT2D eigenvalue weighted by Crippen LogP contribution is 2.33. The third-order valence-corrected chi connectivity index (χ3v) is 5.61. The maximum absolute atomic E-state index is 12.8. The van der Waals surface area contributed by atoms with Gasteiger partial charge in [0.05, 0.1) is 19.1 Å². The van der Waals surface area contributed by atoms with E-state index >= 15 is 0 Å². The lowest BCUT2D eigenvalue weighted by Gasteiger charge is -2.34. The molecule has 132 valence electrons. The fourth-order valence-corrected chi connectivity index (χ4v) is 4.27. The average molecular weight is 331 g/mol. The lowest BCUT2D eigenvalue weighted by atomic mass is 9.82. The third kappa shape index (κ3) is 3.92. The molecule has 1 unspecified atom stereocenters. The number of ether oxygens (including phenoxy) is 1. The molecule has 4 heteroatoms. The Morgan fingerprint density at radius 3 is 2.75 bits per heavy atom. The van der Waals surface area contributed by atoms with Crippen molar-refractivity contribution in [2.45, 2.75) is 69.4 Å².